The smallest absolute Gasteiger partial charge is 0.0853 e. The molecule has 2 rings (SSSR count). The molecule has 1 nitrogen and oxygen atoms in total. The second-order valence-electron chi connectivity index (χ2n) is 8.13. The summed E-state index contributed by atoms with van der Waals surface area (Å²) in [7, 11) is -1.60. The van der Waals surface area contributed by atoms with Crippen LogP contribution >= 0.6 is 0 Å². The Hall–Kier alpha value is -1.93. The number of rotatable bonds is 7. The zero-order valence-electron chi connectivity index (χ0n) is 17.1. The molecule has 0 aliphatic heterocycles. The first-order valence-electron chi connectivity index (χ1n) is 9.73. The molecule has 0 fully saturated rings. The number of nitrogens with one attached hydrogen (secondary N) is 1. The topological polar surface area (TPSA) is 23.9 Å². The Morgan fingerprint density at radius 2 is 1.27 bits per heavy atom. The highest BCUT2D eigenvalue weighted by Crippen LogP contribution is 2.42. The van der Waals surface area contributed by atoms with Crippen LogP contribution in [-0.4, -0.2) is 13.8 Å². The molecule has 2 heteroatoms. The second-order valence-corrected chi connectivity index (χ2v) is 13.9. The van der Waals surface area contributed by atoms with Crippen molar-refractivity contribution < 1.29 is 0 Å². The van der Waals surface area contributed by atoms with E-state index >= 15 is 0 Å². The molecule has 0 saturated carbocycles. The van der Waals surface area contributed by atoms with Gasteiger partial charge in [-0.3, -0.25) is 5.41 Å². The number of benzene rings is 2. The average molecular weight is 364 g/mol. The summed E-state index contributed by atoms with van der Waals surface area (Å²) in [5.74, 6) is 0. The molecule has 0 aromatic heterocycles. The van der Waals surface area contributed by atoms with E-state index in [0.717, 1.165) is 16.7 Å². The molecule has 0 spiro atoms. The van der Waals surface area contributed by atoms with Gasteiger partial charge in [-0.2, -0.15) is 0 Å². The van der Waals surface area contributed by atoms with Gasteiger partial charge < -0.3 is 0 Å². The fraction of sp³-hybridized carbons (Fsp3) is 0.375. The highest BCUT2D eigenvalue weighted by atomic mass is 28.3. The van der Waals surface area contributed by atoms with Crippen molar-refractivity contribution in [2.45, 2.75) is 58.2 Å². The van der Waals surface area contributed by atoms with Gasteiger partial charge in [0.25, 0.3) is 0 Å². The second kappa shape index (κ2) is 8.63. The maximum absolute atomic E-state index is 8.68. The summed E-state index contributed by atoms with van der Waals surface area (Å²) in [5.41, 5.74) is 8.35. The lowest BCUT2D eigenvalue weighted by Crippen LogP contribution is -2.42. The molecule has 26 heavy (non-hydrogen) atoms. The molecule has 0 atom stereocenters. The quantitative estimate of drug-likeness (QED) is 0.393. The lowest BCUT2D eigenvalue weighted by atomic mass is 9.98. The molecule has 0 aliphatic carbocycles. The summed E-state index contributed by atoms with van der Waals surface area (Å²) < 4.78 is 0. The van der Waals surface area contributed by atoms with Gasteiger partial charge in [0.2, 0.25) is 0 Å². The lowest BCUT2D eigenvalue weighted by molar-refractivity contribution is 0.834. The molecule has 0 aliphatic rings. The van der Waals surface area contributed by atoms with Crippen LogP contribution in [0.2, 0.25) is 16.6 Å². The molecular weight excluding hydrogens is 330 g/mol. The lowest BCUT2D eigenvalue weighted by Gasteiger charge is -2.40. The van der Waals surface area contributed by atoms with Crippen molar-refractivity contribution in [2.75, 3.05) is 0 Å². The van der Waals surface area contributed by atoms with Crippen LogP contribution in [0.15, 0.2) is 60.3 Å². The van der Waals surface area contributed by atoms with Crippen molar-refractivity contribution in [3.63, 3.8) is 0 Å². The van der Waals surface area contributed by atoms with Gasteiger partial charge in [-0.1, -0.05) is 108 Å². The Kier molecular flexibility index (Phi) is 6.77. The van der Waals surface area contributed by atoms with Gasteiger partial charge in [0.1, 0.15) is 0 Å². The van der Waals surface area contributed by atoms with E-state index in [2.05, 4.69) is 71.5 Å². The maximum atomic E-state index is 8.68. The standard InChI is InChI=1S/C24H33NSi/c1-18(2)26(19(3)4,20(5)6)17-16-21-12-10-11-15-23(21)24(25)22-13-8-7-9-14-22/h7-20,25H,1-6H3/b17-16+,25-24?. The Bertz CT molecular complexity index is 735. The first kappa shape index (κ1) is 20.4. The summed E-state index contributed by atoms with van der Waals surface area (Å²) in [4.78, 5) is 0. The van der Waals surface area contributed by atoms with Crippen molar-refractivity contribution in [3.8, 4) is 0 Å². The number of hydrogen-bond donors (Lipinski definition) is 1. The summed E-state index contributed by atoms with van der Waals surface area (Å²) in [6.45, 7) is 14.3. The molecule has 0 heterocycles. The van der Waals surface area contributed by atoms with Gasteiger partial charge >= 0.3 is 0 Å². The highest BCUT2D eigenvalue weighted by Gasteiger charge is 2.40. The van der Waals surface area contributed by atoms with Crippen LogP contribution in [0.5, 0.6) is 0 Å². The van der Waals surface area contributed by atoms with Crippen LogP contribution in [0.25, 0.3) is 6.08 Å². The van der Waals surface area contributed by atoms with Crippen molar-refractivity contribution >= 4 is 19.9 Å². The highest BCUT2D eigenvalue weighted by molar-refractivity contribution is 6.88. The van der Waals surface area contributed by atoms with Gasteiger partial charge in [-0.05, 0) is 22.2 Å². The Morgan fingerprint density at radius 3 is 1.81 bits per heavy atom. The van der Waals surface area contributed by atoms with Crippen LogP contribution in [0.4, 0.5) is 0 Å². The SMILES string of the molecule is CC(C)[Si](/C=C/c1ccccc1C(=N)c1ccccc1)(C(C)C)C(C)C. The molecule has 0 bridgehead atoms. The Labute approximate surface area is 160 Å². The summed E-state index contributed by atoms with van der Waals surface area (Å²) in [5, 5.41) is 8.68. The molecule has 2 aromatic carbocycles. The zero-order chi connectivity index (χ0) is 19.3. The molecule has 0 amide bonds. The van der Waals surface area contributed by atoms with Gasteiger partial charge in [0.05, 0.1) is 13.8 Å². The minimum Gasteiger partial charge on any atom is -0.300 e. The summed E-state index contributed by atoms with van der Waals surface area (Å²) in [6.07, 6.45) is 2.30. The predicted molar refractivity (Wildman–Crippen MR) is 119 cm³/mol. The Morgan fingerprint density at radius 1 is 0.769 bits per heavy atom. The van der Waals surface area contributed by atoms with Crippen LogP contribution in [0.1, 0.15) is 58.2 Å². The van der Waals surface area contributed by atoms with E-state index in [1.165, 1.54) is 0 Å². The van der Waals surface area contributed by atoms with E-state index in [-0.39, 0.29) is 0 Å². The van der Waals surface area contributed by atoms with Gasteiger partial charge in [-0.15, -0.1) is 0 Å². The zero-order valence-corrected chi connectivity index (χ0v) is 18.1. The first-order valence-corrected chi connectivity index (χ1v) is 12.0. The van der Waals surface area contributed by atoms with E-state index in [4.69, 9.17) is 5.41 Å². The van der Waals surface area contributed by atoms with Gasteiger partial charge in [-0.25, -0.2) is 0 Å². The summed E-state index contributed by atoms with van der Waals surface area (Å²) >= 11 is 0. The van der Waals surface area contributed by atoms with Crippen LogP contribution < -0.4 is 0 Å². The minimum absolute atomic E-state index is 0.594. The molecule has 138 valence electrons. The van der Waals surface area contributed by atoms with Crippen molar-refractivity contribution in [1.29, 1.82) is 5.41 Å². The Balaban J connectivity index is 2.47. The normalized spacial score (nSPS) is 12.5. The van der Waals surface area contributed by atoms with Crippen molar-refractivity contribution in [1.82, 2.24) is 0 Å². The van der Waals surface area contributed by atoms with E-state index in [9.17, 15) is 0 Å². The molecular formula is C24H33NSi. The van der Waals surface area contributed by atoms with Gasteiger partial charge in [0, 0.05) is 11.1 Å². The van der Waals surface area contributed by atoms with E-state index in [1.54, 1.807) is 0 Å². The first-order chi connectivity index (χ1) is 12.3. The van der Waals surface area contributed by atoms with Crippen LogP contribution in [-0.2, 0) is 0 Å². The predicted octanol–water partition coefficient (Wildman–Crippen LogP) is 7.33. The third-order valence-corrected chi connectivity index (χ3v) is 12.6. The van der Waals surface area contributed by atoms with Crippen molar-refractivity contribution in [2.24, 2.45) is 0 Å². The third-order valence-electron chi connectivity index (χ3n) is 5.84. The van der Waals surface area contributed by atoms with Crippen molar-refractivity contribution in [3.05, 3.63) is 77.0 Å². The van der Waals surface area contributed by atoms with Crippen LogP contribution in [0.3, 0.4) is 0 Å². The summed E-state index contributed by atoms with van der Waals surface area (Å²) in [6, 6.07) is 18.3. The largest absolute Gasteiger partial charge is 0.300 e. The van der Waals surface area contributed by atoms with E-state index < -0.39 is 8.07 Å². The molecule has 2 aromatic rings. The van der Waals surface area contributed by atoms with Gasteiger partial charge in [0.15, 0.2) is 0 Å². The monoisotopic (exact) mass is 363 g/mol. The molecule has 0 unspecified atom stereocenters. The molecule has 0 saturated heterocycles. The molecule has 1 N–H and O–H groups in total. The minimum atomic E-state index is -1.60. The van der Waals surface area contributed by atoms with Crippen LogP contribution in [0, 0.1) is 5.41 Å². The fourth-order valence-electron chi connectivity index (χ4n) is 4.44. The fourth-order valence-corrected chi connectivity index (χ4v) is 10.1. The van der Waals surface area contributed by atoms with E-state index in [0.29, 0.717) is 22.3 Å². The van der Waals surface area contributed by atoms with E-state index in [1.807, 2.05) is 36.4 Å². The maximum Gasteiger partial charge on any atom is 0.0853 e. The average Bonchev–Trinajstić information content (AvgIpc) is 2.62. The molecule has 0 radical (unpaired) electrons. The number of hydrogen-bond acceptors (Lipinski definition) is 1. The third kappa shape index (κ3) is 4.07.